The Morgan fingerprint density at radius 2 is 1.55 bits per heavy atom. The first-order valence-corrected chi connectivity index (χ1v) is 7.00. The molecular weight excluding hydrogens is 287 g/mol. The van der Waals surface area contributed by atoms with Crippen LogP contribution in [0.4, 0.5) is 12.9 Å². The van der Waals surface area contributed by atoms with E-state index in [0.29, 0.717) is 0 Å². The molecule has 20 heavy (non-hydrogen) atoms. The van der Waals surface area contributed by atoms with Crippen molar-refractivity contribution in [1.82, 2.24) is 0 Å². The number of allylic oxidation sites excluding steroid dienone is 1. The molecule has 0 atom stereocenters. The SMILES string of the molecule is CCCCCCC/C=C/c1ccc([B-](F)(F)F)cc1.[K+]. The summed E-state index contributed by atoms with van der Waals surface area (Å²) in [5.41, 5.74) is 0.300. The molecule has 5 heteroatoms. The molecule has 0 N–H and O–H groups in total. The van der Waals surface area contributed by atoms with E-state index in [0.717, 1.165) is 30.5 Å². The van der Waals surface area contributed by atoms with Crippen molar-refractivity contribution in [2.24, 2.45) is 0 Å². The van der Waals surface area contributed by atoms with Crippen LogP contribution in [0.2, 0.25) is 0 Å². The molecule has 0 aromatic heterocycles. The van der Waals surface area contributed by atoms with E-state index in [9.17, 15) is 12.9 Å². The zero-order valence-electron chi connectivity index (χ0n) is 12.4. The van der Waals surface area contributed by atoms with Gasteiger partial charge in [0, 0.05) is 0 Å². The van der Waals surface area contributed by atoms with Gasteiger partial charge in [-0.05, 0) is 18.4 Å². The van der Waals surface area contributed by atoms with E-state index in [1.807, 2.05) is 12.2 Å². The predicted molar refractivity (Wildman–Crippen MR) is 77.6 cm³/mol. The molecule has 0 aliphatic carbocycles. The maximum atomic E-state index is 12.4. The first kappa shape index (κ1) is 20.5. The third-order valence-corrected chi connectivity index (χ3v) is 3.10. The molecule has 0 nitrogen and oxygen atoms in total. The van der Waals surface area contributed by atoms with Gasteiger partial charge in [-0.1, -0.05) is 69.0 Å². The minimum Gasteiger partial charge on any atom is -0.445 e. The van der Waals surface area contributed by atoms with Gasteiger partial charge in [-0.25, -0.2) is 0 Å². The third kappa shape index (κ3) is 8.67. The van der Waals surface area contributed by atoms with E-state index in [1.54, 1.807) is 0 Å². The van der Waals surface area contributed by atoms with Crippen LogP contribution < -0.4 is 56.8 Å². The van der Waals surface area contributed by atoms with Crippen molar-refractivity contribution >= 4 is 18.5 Å². The third-order valence-electron chi connectivity index (χ3n) is 3.10. The molecule has 0 radical (unpaired) electrons. The molecule has 1 rings (SSSR count). The maximum absolute atomic E-state index is 12.4. The Morgan fingerprint density at radius 3 is 2.10 bits per heavy atom. The van der Waals surface area contributed by atoms with Crippen molar-refractivity contribution in [2.75, 3.05) is 0 Å². The zero-order chi connectivity index (χ0) is 14.1. The number of halogens is 3. The standard InChI is InChI=1S/C15H21BF3.K/c1-2-3-4-5-6-7-8-9-14-10-12-15(13-11-14)16(17,18)19;/h8-13H,2-7H2,1H3;/q-1;+1/b9-8+;. The minimum absolute atomic E-state index is 0. The van der Waals surface area contributed by atoms with E-state index in [2.05, 4.69) is 6.92 Å². The van der Waals surface area contributed by atoms with Gasteiger partial charge in [-0.3, -0.25) is 0 Å². The summed E-state index contributed by atoms with van der Waals surface area (Å²) in [4.78, 5) is 0. The summed E-state index contributed by atoms with van der Waals surface area (Å²) in [6, 6.07) is 5.36. The van der Waals surface area contributed by atoms with Gasteiger partial charge in [0.05, 0.1) is 0 Å². The topological polar surface area (TPSA) is 0 Å². The molecular formula is C15H21BF3K. The number of hydrogen-bond acceptors (Lipinski definition) is 0. The largest absolute Gasteiger partial charge is 1.00 e. The summed E-state index contributed by atoms with van der Waals surface area (Å²) >= 11 is 0. The normalized spacial score (nSPS) is 11.6. The Hall–Kier alpha value is 0.451. The van der Waals surface area contributed by atoms with E-state index in [4.69, 9.17) is 0 Å². The van der Waals surface area contributed by atoms with Crippen LogP contribution in [0.5, 0.6) is 0 Å². The van der Waals surface area contributed by atoms with Gasteiger partial charge >= 0.3 is 58.4 Å². The second-order valence-corrected chi connectivity index (χ2v) is 4.85. The average Bonchev–Trinajstić information content (AvgIpc) is 2.37. The molecule has 0 saturated heterocycles. The fraction of sp³-hybridized carbons (Fsp3) is 0.467. The summed E-state index contributed by atoms with van der Waals surface area (Å²) in [6.07, 6.45) is 11.1. The van der Waals surface area contributed by atoms with Crippen molar-refractivity contribution in [3.05, 3.63) is 35.9 Å². The smallest absolute Gasteiger partial charge is 0.445 e. The van der Waals surface area contributed by atoms with Crippen LogP contribution in [-0.4, -0.2) is 6.98 Å². The molecule has 0 bridgehead atoms. The second kappa shape index (κ2) is 11.1. The first-order chi connectivity index (χ1) is 9.04. The quantitative estimate of drug-likeness (QED) is 0.510. The Morgan fingerprint density at radius 1 is 0.950 bits per heavy atom. The van der Waals surface area contributed by atoms with E-state index < -0.39 is 12.4 Å². The summed E-state index contributed by atoms with van der Waals surface area (Å²) in [5, 5.41) is 0. The van der Waals surface area contributed by atoms with Crippen LogP contribution in [0.25, 0.3) is 6.08 Å². The van der Waals surface area contributed by atoms with E-state index in [-0.39, 0.29) is 51.4 Å². The number of rotatable bonds is 8. The molecule has 0 spiro atoms. The fourth-order valence-corrected chi connectivity index (χ4v) is 1.91. The zero-order valence-corrected chi connectivity index (χ0v) is 15.5. The summed E-state index contributed by atoms with van der Waals surface area (Å²) in [7, 11) is 0. The van der Waals surface area contributed by atoms with Crippen molar-refractivity contribution < 1.29 is 64.3 Å². The van der Waals surface area contributed by atoms with Crippen molar-refractivity contribution in [3.63, 3.8) is 0 Å². The molecule has 1 aromatic carbocycles. The Balaban J connectivity index is 0.00000361. The molecule has 1 aromatic rings. The Kier molecular flexibility index (Phi) is 11.3. The fourth-order valence-electron chi connectivity index (χ4n) is 1.91. The van der Waals surface area contributed by atoms with Crippen molar-refractivity contribution in [1.29, 1.82) is 0 Å². The van der Waals surface area contributed by atoms with E-state index in [1.165, 1.54) is 37.8 Å². The number of hydrogen-bond donors (Lipinski definition) is 0. The van der Waals surface area contributed by atoms with Crippen LogP contribution in [0.15, 0.2) is 30.3 Å². The molecule has 0 aliphatic rings. The maximum Gasteiger partial charge on any atom is 1.00 e. The second-order valence-electron chi connectivity index (χ2n) is 4.85. The molecule has 0 aliphatic heterocycles. The van der Waals surface area contributed by atoms with Gasteiger partial charge in [-0.2, -0.15) is 0 Å². The summed E-state index contributed by atoms with van der Waals surface area (Å²) < 4.78 is 37.3. The van der Waals surface area contributed by atoms with E-state index >= 15 is 0 Å². The summed E-state index contributed by atoms with van der Waals surface area (Å²) in [6.45, 7) is -2.69. The van der Waals surface area contributed by atoms with Crippen LogP contribution in [0.1, 0.15) is 51.0 Å². The van der Waals surface area contributed by atoms with Crippen LogP contribution >= 0.6 is 0 Å². The van der Waals surface area contributed by atoms with Gasteiger partial charge in [0.1, 0.15) is 0 Å². The van der Waals surface area contributed by atoms with Gasteiger partial charge in [0.15, 0.2) is 0 Å². The molecule has 0 heterocycles. The van der Waals surface area contributed by atoms with Crippen LogP contribution in [0.3, 0.4) is 0 Å². The minimum atomic E-state index is -4.87. The Labute approximate surface area is 162 Å². The first-order valence-electron chi connectivity index (χ1n) is 7.00. The monoisotopic (exact) mass is 308 g/mol. The van der Waals surface area contributed by atoms with Crippen molar-refractivity contribution in [3.8, 4) is 0 Å². The van der Waals surface area contributed by atoms with Crippen molar-refractivity contribution in [2.45, 2.75) is 45.4 Å². The molecule has 0 saturated carbocycles. The van der Waals surface area contributed by atoms with Gasteiger partial charge < -0.3 is 12.9 Å². The number of benzene rings is 1. The predicted octanol–water partition coefficient (Wildman–Crippen LogP) is 2.12. The Bertz CT molecular complexity index is 385. The molecule has 106 valence electrons. The molecule has 0 amide bonds. The van der Waals surface area contributed by atoms with Gasteiger partial charge in [0.25, 0.3) is 0 Å². The molecule has 0 unspecified atom stereocenters. The van der Waals surface area contributed by atoms with Gasteiger partial charge in [-0.15, -0.1) is 5.46 Å². The van der Waals surface area contributed by atoms with Crippen LogP contribution in [0, 0.1) is 0 Å². The molecule has 0 fully saturated rings. The number of unbranched alkanes of at least 4 members (excludes halogenated alkanes) is 5. The van der Waals surface area contributed by atoms with Gasteiger partial charge in [0.2, 0.25) is 0 Å². The van der Waals surface area contributed by atoms with Crippen LogP contribution in [-0.2, 0) is 0 Å². The average molecular weight is 308 g/mol. The summed E-state index contributed by atoms with van der Waals surface area (Å²) in [5.74, 6) is 0.